The first-order valence-electron chi connectivity index (χ1n) is 5.31. The maximum absolute atomic E-state index is 12.6. The molecule has 1 aliphatic carbocycles. The lowest BCUT2D eigenvalue weighted by Gasteiger charge is -2.34. The second-order valence-corrected chi connectivity index (χ2v) is 4.20. The van der Waals surface area contributed by atoms with Crippen LogP contribution in [0.15, 0.2) is 24.3 Å². The molecule has 1 aliphatic rings. The van der Waals surface area contributed by atoms with E-state index in [1.54, 1.807) is 6.07 Å². The van der Waals surface area contributed by atoms with Crippen molar-refractivity contribution >= 4 is 0 Å². The van der Waals surface area contributed by atoms with Crippen LogP contribution < -0.4 is 4.74 Å². The smallest absolute Gasteiger partial charge is 0.419 e. The highest BCUT2D eigenvalue weighted by Crippen LogP contribution is 2.39. The molecular weight excluding hydrogens is 217 g/mol. The molecule has 0 bridgehead atoms. The quantitative estimate of drug-likeness (QED) is 0.749. The number of benzene rings is 1. The summed E-state index contributed by atoms with van der Waals surface area (Å²) in [5, 5.41) is 0. The third-order valence-electron chi connectivity index (χ3n) is 3.01. The maximum atomic E-state index is 12.6. The second-order valence-electron chi connectivity index (χ2n) is 4.20. The summed E-state index contributed by atoms with van der Waals surface area (Å²) >= 11 is 0. The molecule has 1 aromatic carbocycles. The molecule has 1 saturated carbocycles. The Bertz CT molecular complexity index is 373. The monoisotopic (exact) mass is 230 g/mol. The van der Waals surface area contributed by atoms with E-state index < -0.39 is 11.7 Å². The Morgan fingerprint density at radius 2 is 1.88 bits per heavy atom. The van der Waals surface area contributed by atoms with Crippen molar-refractivity contribution in [2.24, 2.45) is 5.92 Å². The van der Waals surface area contributed by atoms with Gasteiger partial charge in [-0.2, -0.15) is 13.2 Å². The molecule has 4 heteroatoms. The largest absolute Gasteiger partial charge is 0.490 e. The molecule has 0 spiro atoms. The van der Waals surface area contributed by atoms with Gasteiger partial charge in [-0.25, -0.2) is 0 Å². The first kappa shape index (κ1) is 11.3. The Balaban J connectivity index is 2.20. The van der Waals surface area contributed by atoms with Crippen LogP contribution in [0, 0.1) is 5.92 Å². The highest BCUT2D eigenvalue weighted by molar-refractivity contribution is 5.35. The number of para-hydroxylation sites is 1. The second kappa shape index (κ2) is 4.00. The summed E-state index contributed by atoms with van der Waals surface area (Å²) in [6, 6.07) is 5.38. The highest BCUT2D eigenvalue weighted by atomic mass is 19.4. The van der Waals surface area contributed by atoms with Gasteiger partial charge in [-0.05, 0) is 30.9 Å². The molecule has 0 aliphatic heterocycles. The zero-order chi connectivity index (χ0) is 11.8. The Morgan fingerprint density at radius 1 is 1.19 bits per heavy atom. The number of rotatable bonds is 2. The van der Waals surface area contributed by atoms with Gasteiger partial charge in [0, 0.05) is 0 Å². The van der Waals surface area contributed by atoms with Crippen LogP contribution in [0.1, 0.15) is 25.3 Å². The minimum atomic E-state index is -4.34. The molecule has 16 heavy (non-hydrogen) atoms. The lowest BCUT2D eigenvalue weighted by Crippen LogP contribution is -2.35. The minimum Gasteiger partial charge on any atom is -0.490 e. The lowest BCUT2D eigenvalue weighted by molar-refractivity contribution is -0.139. The van der Waals surface area contributed by atoms with Crippen LogP contribution >= 0.6 is 0 Å². The molecule has 2 atom stereocenters. The van der Waals surface area contributed by atoms with Crippen LogP contribution in [0.3, 0.4) is 0 Å². The van der Waals surface area contributed by atoms with Crippen molar-refractivity contribution in [2.45, 2.75) is 32.0 Å². The molecular formula is C12H13F3O. The van der Waals surface area contributed by atoms with Crippen LogP contribution in [0.2, 0.25) is 0 Å². The third kappa shape index (κ3) is 2.15. The van der Waals surface area contributed by atoms with E-state index in [1.807, 2.05) is 6.92 Å². The molecule has 0 radical (unpaired) electrons. The van der Waals surface area contributed by atoms with Gasteiger partial charge in [0.05, 0.1) is 5.56 Å². The lowest BCUT2D eigenvalue weighted by atomic mass is 9.83. The van der Waals surface area contributed by atoms with Crippen molar-refractivity contribution in [2.75, 3.05) is 0 Å². The highest BCUT2D eigenvalue weighted by Gasteiger charge is 2.36. The van der Waals surface area contributed by atoms with E-state index in [4.69, 9.17) is 4.74 Å². The van der Waals surface area contributed by atoms with Crippen molar-refractivity contribution in [1.82, 2.24) is 0 Å². The van der Waals surface area contributed by atoms with Crippen LogP contribution in [0.25, 0.3) is 0 Å². The predicted octanol–water partition coefficient (Wildman–Crippen LogP) is 3.88. The van der Waals surface area contributed by atoms with Gasteiger partial charge >= 0.3 is 6.18 Å². The van der Waals surface area contributed by atoms with Crippen LogP contribution in [0.5, 0.6) is 5.75 Å². The van der Waals surface area contributed by atoms with Crippen molar-refractivity contribution in [3.8, 4) is 5.75 Å². The standard InChI is InChI=1S/C12H13F3O/c1-8-6-7-10(8)16-11-5-3-2-4-9(11)12(13,14)15/h2-5,8,10H,6-7H2,1H3/t8-,10+/m1/s1. The molecule has 0 heterocycles. The Morgan fingerprint density at radius 3 is 2.38 bits per heavy atom. The maximum Gasteiger partial charge on any atom is 0.419 e. The molecule has 0 N–H and O–H groups in total. The van der Waals surface area contributed by atoms with Gasteiger partial charge in [0.2, 0.25) is 0 Å². The van der Waals surface area contributed by atoms with Gasteiger partial charge in [0.1, 0.15) is 11.9 Å². The zero-order valence-corrected chi connectivity index (χ0v) is 8.92. The zero-order valence-electron chi connectivity index (χ0n) is 8.92. The summed E-state index contributed by atoms with van der Waals surface area (Å²) < 4.78 is 43.3. The third-order valence-corrected chi connectivity index (χ3v) is 3.01. The van der Waals surface area contributed by atoms with Gasteiger partial charge in [-0.3, -0.25) is 0 Å². The van der Waals surface area contributed by atoms with Crippen LogP contribution in [-0.2, 0) is 6.18 Å². The van der Waals surface area contributed by atoms with E-state index in [9.17, 15) is 13.2 Å². The Labute approximate surface area is 92.2 Å². The average molecular weight is 230 g/mol. The first-order chi connectivity index (χ1) is 7.48. The SMILES string of the molecule is C[C@@H]1CC[C@@H]1Oc1ccccc1C(F)(F)F. The fourth-order valence-corrected chi connectivity index (χ4v) is 1.78. The summed E-state index contributed by atoms with van der Waals surface area (Å²) in [6.45, 7) is 1.99. The van der Waals surface area contributed by atoms with E-state index in [-0.39, 0.29) is 11.9 Å². The normalized spacial score (nSPS) is 25.0. The summed E-state index contributed by atoms with van der Waals surface area (Å²) in [4.78, 5) is 0. The molecule has 88 valence electrons. The molecule has 0 unspecified atom stereocenters. The minimum absolute atomic E-state index is 0.0495. The van der Waals surface area contributed by atoms with E-state index >= 15 is 0 Å². The van der Waals surface area contributed by atoms with Crippen molar-refractivity contribution < 1.29 is 17.9 Å². The van der Waals surface area contributed by atoms with E-state index in [1.165, 1.54) is 12.1 Å². The Hall–Kier alpha value is -1.19. The summed E-state index contributed by atoms with van der Waals surface area (Å²) in [5.41, 5.74) is -0.686. The summed E-state index contributed by atoms with van der Waals surface area (Å²) in [7, 11) is 0. The van der Waals surface area contributed by atoms with Gasteiger partial charge < -0.3 is 4.74 Å². The van der Waals surface area contributed by atoms with E-state index in [0.29, 0.717) is 5.92 Å². The molecule has 2 rings (SSSR count). The first-order valence-corrected chi connectivity index (χ1v) is 5.31. The van der Waals surface area contributed by atoms with Gasteiger partial charge in [-0.15, -0.1) is 0 Å². The topological polar surface area (TPSA) is 9.23 Å². The number of halogens is 3. The summed E-state index contributed by atoms with van der Waals surface area (Å²) in [6.07, 6.45) is -2.54. The van der Waals surface area contributed by atoms with E-state index in [0.717, 1.165) is 18.9 Å². The molecule has 0 saturated heterocycles. The van der Waals surface area contributed by atoms with Gasteiger partial charge in [-0.1, -0.05) is 19.1 Å². The number of alkyl halides is 3. The van der Waals surface area contributed by atoms with Crippen molar-refractivity contribution in [3.63, 3.8) is 0 Å². The predicted molar refractivity (Wildman–Crippen MR) is 54.3 cm³/mol. The molecule has 1 aromatic rings. The van der Waals surface area contributed by atoms with Crippen molar-refractivity contribution in [1.29, 1.82) is 0 Å². The molecule has 0 aromatic heterocycles. The number of ether oxygens (including phenoxy) is 1. The fourth-order valence-electron chi connectivity index (χ4n) is 1.78. The van der Waals surface area contributed by atoms with Gasteiger partial charge in [0.25, 0.3) is 0 Å². The number of hydrogen-bond acceptors (Lipinski definition) is 1. The number of hydrogen-bond donors (Lipinski definition) is 0. The summed E-state index contributed by atoms with van der Waals surface area (Å²) in [5.74, 6) is 0.299. The average Bonchev–Trinajstić information content (AvgIpc) is 2.23. The Kier molecular flexibility index (Phi) is 2.82. The molecule has 1 nitrogen and oxygen atoms in total. The van der Waals surface area contributed by atoms with Gasteiger partial charge in [0.15, 0.2) is 0 Å². The molecule has 1 fully saturated rings. The van der Waals surface area contributed by atoms with Crippen molar-refractivity contribution in [3.05, 3.63) is 29.8 Å². The van der Waals surface area contributed by atoms with E-state index in [2.05, 4.69) is 0 Å². The van der Waals surface area contributed by atoms with Crippen LogP contribution in [-0.4, -0.2) is 6.10 Å². The fraction of sp³-hybridized carbons (Fsp3) is 0.500. The molecule has 0 amide bonds. The van der Waals surface area contributed by atoms with Crippen LogP contribution in [0.4, 0.5) is 13.2 Å².